The molecule has 1 saturated heterocycles. The fraction of sp³-hybridized carbons (Fsp3) is 0.500. The molecule has 0 spiro atoms. The van der Waals surface area contributed by atoms with Crippen LogP contribution in [0, 0.1) is 5.92 Å². The average molecular weight is 300 g/mol. The highest BCUT2D eigenvalue weighted by molar-refractivity contribution is 7.80. The van der Waals surface area contributed by atoms with Gasteiger partial charge in [-0.25, -0.2) is 0 Å². The Kier molecular flexibility index (Phi) is 4.63. The van der Waals surface area contributed by atoms with Crippen LogP contribution >= 0.6 is 24.2 Å². The minimum Gasteiger partial charge on any atom is -0.489 e. The first kappa shape index (κ1) is 14.5. The number of halogens is 1. The van der Waals surface area contributed by atoms with Crippen LogP contribution in [0.3, 0.4) is 0 Å². The molecule has 1 atom stereocenters. The molecule has 104 valence electrons. The van der Waals surface area contributed by atoms with E-state index >= 15 is 0 Å². The highest BCUT2D eigenvalue weighted by Gasteiger charge is 2.29. The van der Waals surface area contributed by atoms with Gasteiger partial charge in [0.05, 0.1) is 11.1 Å². The Morgan fingerprint density at radius 2 is 2.26 bits per heavy atom. The van der Waals surface area contributed by atoms with Gasteiger partial charge in [0.2, 0.25) is 5.91 Å². The van der Waals surface area contributed by atoms with E-state index in [0.29, 0.717) is 29.7 Å². The molecule has 5 heteroatoms. The number of nitrogens with zero attached hydrogens (tertiary/aromatic N) is 1. The summed E-state index contributed by atoms with van der Waals surface area (Å²) in [6.45, 7) is 4.61. The molecule has 1 aromatic rings. The van der Waals surface area contributed by atoms with Crippen molar-refractivity contribution in [2.45, 2.75) is 26.4 Å². The molecule has 1 heterocycles. The van der Waals surface area contributed by atoms with Gasteiger partial charge < -0.3 is 9.64 Å². The van der Waals surface area contributed by atoms with E-state index in [1.165, 1.54) is 0 Å². The van der Waals surface area contributed by atoms with Crippen molar-refractivity contribution in [3.63, 3.8) is 0 Å². The summed E-state index contributed by atoms with van der Waals surface area (Å²) >= 11 is 10.5. The van der Waals surface area contributed by atoms with E-state index in [1.807, 2.05) is 26.0 Å². The first-order chi connectivity index (χ1) is 9.01. The first-order valence-electron chi connectivity index (χ1n) is 6.38. The molecule has 0 saturated carbocycles. The number of carbonyl (C=O) groups is 1. The number of benzene rings is 1. The Labute approximate surface area is 124 Å². The number of rotatable bonds is 4. The summed E-state index contributed by atoms with van der Waals surface area (Å²) < 4.78 is 5.58. The maximum Gasteiger partial charge on any atom is 0.227 e. The number of amides is 1. The van der Waals surface area contributed by atoms with Crippen LogP contribution in [-0.4, -0.2) is 24.3 Å². The lowest BCUT2D eigenvalue weighted by atomic mass is 10.1. The Morgan fingerprint density at radius 3 is 2.79 bits per heavy atom. The average Bonchev–Trinajstić information content (AvgIpc) is 2.73. The second kappa shape index (κ2) is 6.06. The zero-order chi connectivity index (χ0) is 14.0. The van der Waals surface area contributed by atoms with Crippen LogP contribution in [0.5, 0.6) is 5.75 Å². The SMILES string of the molecule is CC(C)Oc1ccc(N2CC(CS)CC2=O)cc1Cl. The van der Waals surface area contributed by atoms with Crippen LogP contribution in [0.25, 0.3) is 0 Å². The van der Waals surface area contributed by atoms with Gasteiger partial charge in [0.15, 0.2) is 0 Å². The Bertz CT molecular complexity index is 479. The van der Waals surface area contributed by atoms with Gasteiger partial charge in [0.25, 0.3) is 0 Å². The molecule has 0 bridgehead atoms. The monoisotopic (exact) mass is 299 g/mol. The van der Waals surface area contributed by atoms with E-state index in [4.69, 9.17) is 16.3 Å². The largest absolute Gasteiger partial charge is 0.489 e. The molecule has 0 N–H and O–H groups in total. The third-order valence-corrected chi connectivity index (χ3v) is 3.86. The van der Waals surface area contributed by atoms with E-state index < -0.39 is 0 Å². The highest BCUT2D eigenvalue weighted by Crippen LogP contribution is 2.33. The van der Waals surface area contributed by atoms with Crippen molar-refractivity contribution < 1.29 is 9.53 Å². The minimum absolute atomic E-state index is 0.0744. The van der Waals surface area contributed by atoms with E-state index in [0.717, 1.165) is 11.4 Å². The lowest BCUT2D eigenvalue weighted by Gasteiger charge is -2.18. The van der Waals surface area contributed by atoms with Crippen molar-refractivity contribution in [3.05, 3.63) is 23.2 Å². The van der Waals surface area contributed by atoms with Gasteiger partial charge in [-0.15, -0.1) is 0 Å². The molecule has 0 aromatic heterocycles. The summed E-state index contributed by atoms with van der Waals surface area (Å²) in [5, 5.41) is 0.535. The van der Waals surface area contributed by atoms with E-state index in [2.05, 4.69) is 12.6 Å². The smallest absolute Gasteiger partial charge is 0.227 e. The lowest BCUT2D eigenvalue weighted by Crippen LogP contribution is -2.24. The van der Waals surface area contributed by atoms with Gasteiger partial charge in [-0.1, -0.05) is 11.6 Å². The molecule has 1 amide bonds. The van der Waals surface area contributed by atoms with Crippen molar-refractivity contribution in [3.8, 4) is 5.75 Å². The molecule has 1 fully saturated rings. The number of anilines is 1. The van der Waals surface area contributed by atoms with Crippen molar-refractivity contribution in [2.24, 2.45) is 5.92 Å². The van der Waals surface area contributed by atoms with Gasteiger partial charge in [-0.3, -0.25) is 4.79 Å². The molecule has 19 heavy (non-hydrogen) atoms. The Balaban J connectivity index is 2.18. The summed E-state index contributed by atoms with van der Waals surface area (Å²) in [6, 6.07) is 5.49. The standard InChI is InChI=1S/C14H18ClNO2S/c1-9(2)18-13-4-3-11(6-12(13)15)16-7-10(8-19)5-14(16)17/h3-4,6,9-10,19H,5,7-8H2,1-2H3. The second-order valence-electron chi connectivity index (χ2n) is 5.04. The van der Waals surface area contributed by atoms with Crippen LogP contribution < -0.4 is 9.64 Å². The van der Waals surface area contributed by atoms with Crippen molar-refractivity contribution in [2.75, 3.05) is 17.2 Å². The molecule has 0 aliphatic carbocycles. The van der Waals surface area contributed by atoms with E-state index in [1.54, 1.807) is 11.0 Å². The number of thiol groups is 1. The van der Waals surface area contributed by atoms with Crippen LogP contribution in [0.15, 0.2) is 18.2 Å². The van der Waals surface area contributed by atoms with Gasteiger partial charge >= 0.3 is 0 Å². The molecule has 0 radical (unpaired) electrons. The summed E-state index contributed by atoms with van der Waals surface area (Å²) in [6.07, 6.45) is 0.635. The van der Waals surface area contributed by atoms with Crippen molar-refractivity contribution in [1.82, 2.24) is 0 Å². The second-order valence-corrected chi connectivity index (χ2v) is 5.81. The summed E-state index contributed by atoms with van der Waals surface area (Å²) in [5.74, 6) is 1.83. The van der Waals surface area contributed by atoms with Crippen molar-refractivity contribution >= 4 is 35.8 Å². The molecule has 2 rings (SSSR count). The number of hydrogen-bond donors (Lipinski definition) is 1. The first-order valence-corrected chi connectivity index (χ1v) is 7.39. The fourth-order valence-corrected chi connectivity index (χ4v) is 2.62. The lowest BCUT2D eigenvalue weighted by molar-refractivity contribution is -0.117. The number of hydrogen-bond acceptors (Lipinski definition) is 3. The zero-order valence-electron chi connectivity index (χ0n) is 11.1. The topological polar surface area (TPSA) is 29.5 Å². The van der Waals surface area contributed by atoms with Gasteiger partial charge in [0, 0.05) is 18.7 Å². The fourth-order valence-electron chi connectivity index (χ4n) is 2.16. The van der Waals surface area contributed by atoms with Crippen LogP contribution in [-0.2, 0) is 4.79 Å². The maximum absolute atomic E-state index is 11.9. The molecular formula is C14H18ClNO2S. The van der Waals surface area contributed by atoms with Crippen LogP contribution in [0.2, 0.25) is 5.02 Å². The third kappa shape index (κ3) is 3.37. The Hall–Kier alpha value is -0.870. The highest BCUT2D eigenvalue weighted by atomic mass is 35.5. The van der Waals surface area contributed by atoms with Gasteiger partial charge in [-0.2, -0.15) is 12.6 Å². The predicted molar refractivity (Wildman–Crippen MR) is 81.5 cm³/mol. The van der Waals surface area contributed by atoms with Crippen LogP contribution in [0.4, 0.5) is 5.69 Å². The number of ether oxygens (including phenoxy) is 1. The molecule has 1 aromatic carbocycles. The summed E-state index contributed by atoms with van der Waals surface area (Å²) in [4.78, 5) is 13.7. The normalized spacial score (nSPS) is 19.3. The summed E-state index contributed by atoms with van der Waals surface area (Å²) in [7, 11) is 0. The predicted octanol–water partition coefficient (Wildman–Crippen LogP) is 3.41. The third-order valence-electron chi connectivity index (χ3n) is 3.05. The zero-order valence-corrected chi connectivity index (χ0v) is 12.7. The van der Waals surface area contributed by atoms with Gasteiger partial charge in [-0.05, 0) is 43.7 Å². The molecule has 1 aliphatic heterocycles. The molecule has 1 unspecified atom stereocenters. The van der Waals surface area contributed by atoms with E-state index in [9.17, 15) is 4.79 Å². The Morgan fingerprint density at radius 1 is 1.53 bits per heavy atom. The molecule has 1 aliphatic rings. The van der Waals surface area contributed by atoms with Crippen molar-refractivity contribution in [1.29, 1.82) is 0 Å². The molecule has 3 nitrogen and oxygen atoms in total. The minimum atomic E-state index is 0.0744. The quantitative estimate of drug-likeness (QED) is 0.863. The summed E-state index contributed by atoms with van der Waals surface area (Å²) in [5.41, 5.74) is 0.829. The molecular weight excluding hydrogens is 282 g/mol. The van der Waals surface area contributed by atoms with E-state index in [-0.39, 0.29) is 12.0 Å². The number of carbonyl (C=O) groups excluding carboxylic acids is 1. The maximum atomic E-state index is 11.9. The van der Waals surface area contributed by atoms with Crippen LogP contribution in [0.1, 0.15) is 20.3 Å². The van der Waals surface area contributed by atoms with Gasteiger partial charge in [0.1, 0.15) is 5.75 Å².